The third-order valence-electron chi connectivity index (χ3n) is 1.05. The topological polar surface area (TPSA) is 53.0 Å². The molecule has 2 N–H and O–H groups in total. The number of ether oxygens (including phenoxy) is 1. The molecule has 0 aromatic carbocycles. The number of hydrogen-bond acceptors (Lipinski definition) is 3. The molecule has 42 valence electrons. The molecule has 2 atom stereocenters. The summed E-state index contributed by atoms with van der Waals surface area (Å²) in [7, 11) is 0. The van der Waals surface area contributed by atoms with Crippen LogP contribution in [0.2, 0.25) is 0 Å². The maximum atomic E-state index is 8.27. The van der Waals surface area contributed by atoms with Crippen molar-refractivity contribution in [3.05, 3.63) is 0 Å². The number of aliphatic hydroxyl groups is 2. The zero-order valence-electron chi connectivity index (χ0n) is 3.87. The molecule has 1 heterocycles. The smallest absolute Gasteiger partial charge is 0.110 e. The minimum absolute atomic E-state index is 0.0330. The van der Waals surface area contributed by atoms with Crippen LogP contribution in [-0.4, -0.2) is 35.6 Å². The van der Waals surface area contributed by atoms with Gasteiger partial charge in [-0.25, -0.2) is 0 Å². The first-order valence-corrected chi connectivity index (χ1v) is 2.25. The number of epoxide rings is 1. The predicted molar refractivity (Wildman–Crippen MR) is 22.8 cm³/mol. The minimum atomic E-state index is -0.0787. The van der Waals surface area contributed by atoms with Gasteiger partial charge in [0.25, 0.3) is 0 Å². The first kappa shape index (κ1) is 5.03. The molecule has 1 saturated heterocycles. The fourth-order valence-corrected chi connectivity index (χ4v) is 0.500. The van der Waals surface area contributed by atoms with Crippen LogP contribution >= 0.6 is 0 Å². The molecular weight excluding hydrogens is 96.0 g/mol. The Hall–Kier alpha value is -0.120. The second kappa shape index (κ2) is 1.78. The predicted octanol–water partition coefficient (Wildman–Crippen LogP) is -1.26. The number of aliphatic hydroxyl groups excluding tert-OH is 2. The molecule has 3 nitrogen and oxygen atoms in total. The molecule has 0 aliphatic carbocycles. The van der Waals surface area contributed by atoms with E-state index in [2.05, 4.69) is 0 Å². The van der Waals surface area contributed by atoms with E-state index >= 15 is 0 Å². The van der Waals surface area contributed by atoms with E-state index in [0.29, 0.717) is 0 Å². The van der Waals surface area contributed by atoms with Gasteiger partial charge in [-0.15, -0.1) is 0 Å². The Morgan fingerprint density at radius 2 is 1.57 bits per heavy atom. The van der Waals surface area contributed by atoms with Crippen molar-refractivity contribution in [2.45, 2.75) is 12.2 Å². The van der Waals surface area contributed by atoms with Crippen LogP contribution in [0.5, 0.6) is 0 Å². The fourth-order valence-electron chi connectivity index (χ4n) is 0.500. The lowest BCUT2D eigenvalue weighted by molar-refractivity contribution is 0.227. The minimum Gasteiger partial charge on any atom is -0.394 e. The van der Waals surface area contributed by atoms with Gasteiger partial charge in [0.2, 0.25) is 0 Å². The van der Waals surface area contributed by atoms with E-state index in [1.54, 1.807) is 0 Å². The van der Waals surface area contributed by atoms with Gasteiger partial charge >= 0.3 is 0 Å². The molecule has 1 fully saturated rings. The zero-order chi connectivity index (χ0) is 5.28. The van der Waals surface area contributed by atoms with Gasteiger partial charge < -0.3 is 14.9 Å². The Morgan fingerprint density at radius 3 is 1.71 bits per heavy atom. The molecule has 0 spiro atoms. The van der Waals surface area contributed by atoms with Gasteiger partial charge in [0.1, 0.15) is 12.2 Å². The summed E-state index contributed by atoms with van der Waals surface area (Å²) in [6.07, 6.45) is -0.157. The van der Waals surface area contributed by atoms with Crippen LogP contribution in [0.3, 0.4) is 0 Å². The summed E-state index contributed by atoms with van der Waals surface area (Å²) in [4.78, 5) is 0. The molecule has 1 rings (SSSR count). The van der Waals surface area contributed by atoms with Crippen LogP contribution in [0.1, 0.15) is 0 Å². The van der Waals surface area contributed by atoms with Gasteiger partial charge in [-0.1, -0.05) is 0 Å². The van der Waals surface area contributed by atoms with Crippen molar-refractivity contribution in [1.82, 2.24) is 0 Å². The molecule has 0 saturated carbocycles. The largest absolute Gasteiger partial charge is 0.394 e. The third-order valence-corrected chi connectivity index (χ3v) is 1.05. The van der Waals surface area contributed by atoms with Crippen molar-refractivity contribution < 1.29 is 14.9 Å². The van der Waals surface area contributed by atoms with Crippen molar-refractivity contribution >= 4 is 0 Å². The molecule has 0 bridgehead atoms. The maximum Gasteiger partial charge on any atom is 0.110 e. The van der Waals surface area contributed by atoms with E-state index in [9.17, 15) is 0 Å². The van der Waals surface area contributed by atoms with Crippen LogP contribution in [-0.2, 0) is 4.74 Å². The SMILES string of the molecule is OC[C@@H]1O[C@@H]1CO. The lowest BCUT2D eigenvalue weighted by Crippen LogP contribution is -2.02. The molecule has 3 heteroatoms. The Kier molecular flexibility index (Phi) is 1.27. The lowest BCUT2D eigenvalue weighted by atomic mass is 10.3. The van der Waals surface area contributed by atoms with E-state index < -0.39 is 0 Å². The highest BCUT2D eigenvalue weighted by atomic mass is 16.6. The molecular formula is C4H8O3. The first-order valence-electron chi connectivity index (χ1n) is 2.25. The maximum absolute atomic E-state index is 8.27. The molecule has 1 aliphatic rings. The van der Waals surface area contributed by atoms with Crippen molar-refractivity contribution in [3.8, 4) is 0 Å². The second-order valence-electron chi connectivity index (χ2n) is 1.58. The zero-order valence-corrected chi connectivity index (χ0v) is 3.87. The summed E-state index contributed by atoms with van der Waals surface area (Å²) >= 11 is 0. The van der Waals surface area contributed by atoms with E-state index in [1.165, 1.54) is 0 Å². The Morgan fingerprint density at radius 1 is 1.14 bits per heavy atom. The highest BCUT2D eigenvalue weighted by Gasteiger charge is 2.36. The van der Waals surface area contributed by atoms with Gasteiger partial charge in [-0.05, 0) is 0 Å². The Labute approximate surface area is 41.5 Å². The summed E-state index contributed by atoms with van der Waals surface area (Å²) in [6, 6.07) is 0. The highest BCUT2D eigenvalue weighted by Crippen LogP contribution is 2.19. The summed E-state index contributed by atoms with van der Waals surface area (Å²) < 4.78 is 4.72. The van der Waals surface area contributed by atoms with Crippen LogP contribution in [0.15, 0.2) is 0 Å². The van der Waals surface area contributed by atoms with Crippen molar-refractivity contribution in [1.29, 1.82) is 0 Å². The molecule has 7 heavy (non-hydrogen) atoms. The van der Waals surface area contributed by atoms with Crippen molar-refractivity contribution in [3.63, 3.8) is 0 Å². The highest BCUT2D eigenvalue weighted by molar-refractivity contribution is 4.82. The van der Waals surface area contributed by atoms with Crippen LogP contribution in [0, 0.1) is 0 Å². The summed E-state index contributed by atoms with van der Waals surface area (Å²) in [6.45, 7) is 0.0659. The van der Waals surface area contributed by atoms with Crippen LogP contribution in [0.25, 0.3) is 0 Å². The number of rotatable bonds is 2. The first-order chi connectivity index (χ1) is 3.38. The van der Waals surface area contributed by atoms with E-state index in [1.807, 2.05) is 0 Å². The molecule has 0 unspecified atom stereocenters. The molecule has 1 aliphatic heterocycles. The van der Waals surface area contributed by atoms with E-state index in [0.717, 1.165) is 0 Å². The lowest BCUT2D eigenvalue weighted by Gasteiger charge is -1.78. The Balaban J connectivity index is 2.06. The molecule has 0 aromatic rings. The van der Waals surface area contributed by atoms with Crippen LogP contribution < -0.4 is 0 Å². The van der Waals surface area contributed by atoms with Gasteiger partial charge in [-0.3, -0.25) is 0 Å². The summed E-state index contributed by atoms with van der Waals surface area (Å²) in [5.41, 5.74) is 0. The van der Waals surface area contributed by atoms with Gasteiger partial charge in [0.05, 0.1) is 13.2 Å². The van der Waals surface area contributed by atoms with Gasteiger partial charge in [0.15, 0.2) is 0 Å². The fraction of sp³-hybridized carbons (Fsp3) is 1.00. The van der Waals surface area contributed by atoms with E-state index in [4.69, 9.17) is 14.9 Å². The van der Waals surface area contributed by atoms with Crippen molar-refractivity contribution in [2.75, 3.05) is 13.2 Å². The van der Waals surface area contributed by atoms with Gasteiger partial charge in [-0.2, -0.15) is 0 Å². The summed E-state index contributed by atoms with van der Waals surface area (Å²) in [5.74, 6) is 0. The Bertz CT molecular complexity index is 56.0. The van der Waals surface area contributed by atoms with Gasteiger partial charge in [0, 0.05) is 0 Å². The normalized spacial score (nSPS) is 38.6. The number of hydrogen-bond donors (Lipinski definition) is 2. The summed E-state index contributed by atoms with van der Waals surface area (Å²) in [5, 5.41) is 16.5. The second-order valence-corrected chi connectivity index (χ2v) is 1.58. The molecule has 0 radical (unpaired) electrons. The standard InChI is InChI=1S/C4H8O3/c5-1-3-4(2-6)7-3/h3-6H,1-2H2/t3-,4+. The average Bonchev–Trinajstić information content (AvgIpc) is 2.43. The average molecular weight is 104 g/mol. The molecule has 0 aromatic heterocycles. The quantitative estimate of drug-likeness (QED) is 0.430. The van der Waals surface area contributed by atoms with Crippen molar-refractivity contribution in [2.24, 2.45) is 0 Å². The van der Waals surface area contributed by atoms with E-state index in [-0.39, 0.29) is 25.4 Å². The third kappa shape index (κ3) is 0.907. The molecule has 0 amide bonds. The monoisotopic (exact) mass is 104 g/mol. The van der Waals surface area contributed by atoms with Crippen LogP contribution in [0.4, 0.5) is 0 Å².